The van der Waals surface area contributed by atoms with Crippen molar-refractivity contribution in [3.8, 4) is 5.69 Å². The van der Waals surface area contributed by atoms with Gasteiger partial charge in [-0.15, -0.1) is 16.4 Å². The molecule has 1 aliphatic heterocycles. The van der Waals surface area contributed by atoms with Crippen LogP contribution in [0.1, 0.15) is 40.2 Å². The fourth-order valence-corrected chi connectivity index (χ4v) is 4.31. The molecule has 1 aliphatic rings. The first-order valence-electron chi connectivity index (χ1n) is 9.49. The second kappa shape index (κ2) is 8.75. The fourth-order valence-electron chi connectivity index (χ4n) is 3.35. The van der Waals surface area contributed by atoms with Crippen molar-refractivity contribution < 1.29 is 4.79 Å². The molecule has 3 heterocycles. The zero-order chi connectivity index (χ0) is 20.2. The molecule has 7 nitrogen and oxygen atoms in total. The number of carbonyl (C=O) groups is 1. The molecule has 1 fully saturated rings. The van der Waals surface area contributed by atoms with Gasteiger partial charge in [-0.05, 0) is 55.7 Å². The Labute approximate surface area is 177 Å². The summed E-state index contributed by atoms with van der Waals surface area (Å²) in [5, 5.41) is 19.4. The predicted octanol–water partition coefficient (Wildman–Crippen LogP) is 3.72. The highest BCUT2D eigenvalue weighted by molar-refractivity contribution is 7.17. The lowest BCUT2D eigenvalue weighted by Gasteiger charge is -2.29. The third-order valence-electron chi connectivity index (χ3n) is 4.90. The number of nitrogens with one attached hydrogen (secondary N) is 2. The molecular formula is C20H21ClN6OS. The van der Waals surface area contributed by atoms with Crippen molar-refractivity contribution in [2.75, 3.05) is 13.1 Å². The topological polar surface area (TPSA) is 86.9 Å². The van der Waals surface area contributed by atoms with Gasteiger partial charge in [0.05, 0.1) is 33.3 Å². The minimum absolute atomic E-state index is 0.181. The van der Waals surface area contributed by atoms with Crippen molar-refractivity contribution in [2.24, 2.45) is 0 Å². The molecule has 1 amide bonds. The largest absolute Gasteiger partial charge is 0.357 e. The summed E-state index contributed by atoms with van der Waals surface area (Å²) >= 11 is 7.13. The van der Waals surface area contributed by atoms with E-state index in [1.54, 1.807) is 23.0 Å². The molecule has 4 rings (SSSR count). The fraction of sp³-hybridized carbons (Fsp3) is 0.300. The minimum Gasteiger partial charge on any atom is -0.357 e. The monoisotopic (exact) mass is 428 g/mol. The summed E-state index contributed by atoms with van der Waals surface area (Å²) in [6.45, 7) is 2.19. The number of halogens is 1. The van der Waals surface area contributed by atoms with Crippen LogP contribution >= 0.6 is 22.9 Å². The van der Waals surface area contributed by atoms with E-state index in [-0.39, 0.29) is 5.91 Å². The van der Waals surface area contributed by atoms with E-state index in [0.29, 0.717) is 21.6 Å². The molecule has 0 bridgehead atoms. The molecule has 0 atom stereocenters. The van der Waals surface area contributed by atoms with E-state index < -0.39 is 0 Å². The Morgan fingerprint density at radius 3 is 2.59 bits per heavy atom. The Bertz CT molecular complexity index is 1010. The number of thiophene rings is 1. The third kappa shape index (κ3) is 4.49. The van der Waals surface area contributed by atoms with Crippen LogP contribution in [0, 0.1) is 5.41 Å². The molecule has 1 saturated heterocycles. The van der Waals surface area contributed by atoms with Crippen molar-refractivity contribution in [1.82, 2.24) is 25.2 Å². The molecule has 0 unspecified atom stereocenters. The first-order chi connectivity index (χ1) is 14.1. The van der Waals surface area contributed by atoms with Crippen molar-refractivity contribution in [3.63, 3.8) is 0 Å². The quantitative estimate of drug-likeness (QED) is 0.479. The molecule has 29 heavy (non-hydrogen) atoms. The standard InChI is InChI=1S/C20H21ClN6OS/c21-18-9-8-17(29-18)20(28)23-12-16-13-24-25-27(16)15-6-4-14(5-7-15)19(22)26-10-2-1-3-11-26/h4-9,13,22H,1-3,10-12H2,(H,23,28). The van der Waals surface area contributed by atoms with Crippen molar-refractivity contribution in [3.05, 3.63) is 63.1 Å². The Kier molecular flexibility index (Phi) is 5.92. The van der Waals surface area contributed by atoms with Crippen LogP contribution in [0.3, 0.4) is 0 Å². The van der Waals surface area contributed by atoms with Crippen LogP contribution in [0.25, 0.3) is 5.69 Å². The van der Waals surface area contributed by atoms with Crippen molar-refractivity contribution >= 4 is 34.7 Å². The Hall–Kier alpha value is -2.71. The van der Waals surface area contributed by atoms with Gasteiger partial charge >= 0.3 is 0 Å². The number of nitrogens with zero attached hydrogens (tertiary/aromatic N) is 4. The Morgan fingerprint density at radius 2 is 1.90 bits per heavy atom. The molecule has 0 spiro atoms. The van der Waals surface area contributed by atoms with Gasteiger partial charge in [-0.2, -0.15) is 0 Å². The highest BCUT2D eigenvalue weighted by atomic mass is 35.5. The lowest BCUT2D eigenvalue weighted by atomic mass is 10.1. The van der Waals surface area contributed by atoms with Gasteiger partial charge in [0, 0.05) is 18.7 Å². The SMILES string of the molecule is N=C(c1ccc(-n2nncc2CNC(=O)c2ccc(Cl)s2)cc1)N1CCCCC1. The number of amidine groups is 1. The number of carbonyl (C=O) groups excluding carboxylic acids is 1. The van der Waals surface area contributed by atoms with E-state index in [2.05, 4.69) is 20.5 Å². The molecule has 9 heteroatoms. The number of amides is 1. The average molecular weight is 429 g/mol. The molecule has 0 radical (unpaired) electrons. The number of piperidine rings is 1. The minimum atomic E-state index is -0.181. The summed E-state index contributed by atoms with van der Waals surface area (Å²) in [5.41, 5.74) is 2.49. The van der Waals surface area contributed by atoms with Gasteiger partial charge in [-0.25, -0.2) is 4.68 Å². The number of likely N-dealkylation sites (tertiary alicyclic amines) is 1. The van der Waals surface area contributed by atoms with E-state index in [1.165, 1.54) is 17.8 Å². The molecule has 1 aromatic carbocycles. The number of aromatic nitrogens is 3. The van der Waals surface area contributed by atoms with Crippen molar-refractivity contribution in [2.45, 2.75) is 25.8 Å². The van der Waals surface area contributed by atoms with Gasteiger partial charge in [0.1, 0.15) is 5.84 Å². The first kappa shape index (κ1) is 19.6. The Balaban J connectivity index is 1.43. The number of hydrogen-bond donors (Lipinski definition) is 2. The van der Waals surface area contributed by atoms with Crippen LogP contribution in [0.4, 0.5) is 0 Å². The normalized spacial score (nSPS) is 14.0. The predicted molar refractivity (Wildman–Crippen MR) is 114 cm³/mol. The van der Waals surface area contributed by atoms with Gasteiger partial charge in [-0.3, -0.25) is 10.2 Å². The van der Waals surface area contributed by atoms with Crippen LogP contribution in [-0.2, 0) is 6.54 Å². The average Bonchev–Trinajstić information content (AvgIpc) is 3.41. The van der Waals surface area contributed by atoms with Crippen LogP contribution in [-0.4, -0.2) is 44.7 Å². The summed E-state index contributed by atoms with van der Waals surface area (Å²) in [7, 11) is 0. The summed E-state index contributed by atoms with van der Waals surface area (Å²) in [4.78, 5) is 14.9. The third-order valence-corrected chi connectivity index (χ3v) is 6.13. The summed E-state index contributed by atoms with van der Waals surface area (Å²) < 4.78 is 2.27. The maximum Gasteiger partial charge on any atom is 0.261 e. The number of hydrogen-bond acceptors (Lipinski definition) is 5. The maximum atomic E-state index is 12.2. The molecular weight excluding hydrogens is 408 g/mol. The number of benzene rings is 1. The second-order valence-corrected chi connectivity index (χ2v) is 8.58. The van der Waals surface area contributed by atoms with Crippen LogP contribution in [0.2, 0.25) is 4.34 Å². The van der Waals surface area contributed by atoms with Crippen molar-refractivity contribution in [1.29, 1.82) is 5.41 Å². The van der Waals surface area contributed by atoms with Crippen LogP contribution < -0.4 is 5.32 Å². The maximum absolute atomic E-state index is 12.2. The van der Waals surface area contributed by atoms with Crippen LogP contribution in [0.15, 0.2) is 42.6 Å². The van der Waals surface area contributed by atoms with Crippen LogP contribution in [0.5, 0.6) is 0 Å². The first-order valence-corrected chi connectivity index (χ1v) is 10.7. The zero-order valence-corrected chi connectivity index (χ0v) is 17.3. The summed E-state index contributed by atoms with van der Waals surface area (Å²) in [6, 6.07) is 11.1. The Morgan fingerprint density at radius 1 is 1.14 bits per heavy atom. The lowest BCUT2D eigenvalue weighted by molar-refractivity contribution is 0.0954. The highest BCUT2D eigenvalue weighted by Gasteiger charge is 2.16. The highest BCUT2D eigenvalue weighted by Crippen LogP contribution is 2.21. The smallest absolute Gasteiger partial charge is 0.261 e. The second-order valence-electron chi connectivity index (χ2n) is 6.87. The van der Waals surface area contributed by atoms with E-state index in [4.69, 9.17) is 17.0 Å². The summed E-state index contributed by atoms with van der Waals surface area (Å²) in [5.74, 6) is 0.386. The van der Waals surface area contributed by atoms with Gasteiger partial charge < -0.3 is 10.2 Å². The molecule has 2 N–H and O–H groups in total. The van der Waals surface area contributed by atoms with E-state index >= 15 is 0 Å². The van der Waals surface area contributed by atoms with Gasteiger partial charge in [-0.1, -0.05) is 16.8 Å². The van der Waals surface area contributed by atoms with Gasteiger partial charge in [0.2, 0.25) is 0 Å². The molecule has 150 valence electrons. The lowest BCUT2D eigenvalue weighted by Crippen LogP contribution is -2.35. The molecule has 0 aliphatic carbocycles. The van der Waals surface area contributed by atoms with Gasteiger partial charge in [0.25, 0.3) is 5.91 Å². The van der Waals surface area contributed by atoms with E-state index in [0.717, 1.165) is 42.9 Å². The summed E-state index contributed by atoms with van der Waals surface area (Å²) in [6.07, 6.45) is 5.16. The zero-order valence-electron chi connectivity index (χ0n) is 15.8. The van der Waals surface area contributed by atoms with Gasteiger partial charge in [0.15, 0.2) is 0 Å². The van der Waals surface area contributed by atoms with E-state index in [1.807, 2.05) is 24.3 Å². The molecule has 2 aromatic heterocycles. The molecule has 3 aromatic rings. The number of rotatable bonds is 5. The molecule has 0 saturated carbocycles. The van der Waals surface area contributed by atoms with E-state index in [9.17, 15) is 4.79 Å².